The van der Waals surface area contributed by atoms with Gasteiger partial charge in [-0.1, -0.05) is 27.5 Å². The molecule has 0 spiro atoms. The Labute approximate surface area is 131 Å². The van der Waals surface area contributed by atoms with E-state index in [-0.39, 0.29) is 20.8 Å². The van der Waals surface area contributed by atoms with E-state index >= 15 is 0 Å². The van der Waals surface area contributed by atoms with E-state index in [0.29, 0.717) is 6.54 Å². The van der Waals surface area contributed by atoms with Gasteiger partial charge in [0.1, 0.15) is 5.69 Å². The molecule has 2 rings (SSSR count). The summed E-state index contributed by atoms with van der Waals surface area (Å²) in [6.07, 6.45) is -3.26. The molecule has 0 radical (unpaired) electrons. The standard InChI is InChI=1S/C13H9BrClF3N2O/c1-2-20-11(10(15)6-19-20)12(21)7-3-4-9(14)8(5-7)13(16,17)18/h3-6H,2H2,1H3. The number of aromatic nitrogens is 2. The van der Waals surface area contributed by atoms with Crippen molar-refractivity contribution in [3.8, 4) is 0 Å². The van der Waals surface area contributed by atoms with E-state index in [2.05, 4.69) is 21.0 Å². The first-order valence-electron chi connectivity index (χ1n) is 5.88. The van der Waals surface area contributed by atoms with Crippen molar-refractivity contribution in [3.05, 3.63) is 50.7 Å². The molecule has 3 nitrogen and oxygen atoms in total. The minimum absolute atomic E-state index is 0.0783. The zero-order valence-electron chi connectivity index (χ0n) is 10.7. The lowest BCUT2D eigenvalue weighted by molar-refractivity contribution is -0.138. The summed E-state index contributed by atoms with van der Waals surface area (Å²) in [5.41, 5.74) is -0.927. The fraction of sp³-hybridized carbons (Fsp3) is 0.231. The van der Waals surface area contributed by atoms with Gasteiger partial charge in [-0.3, -0.25) is 9.48 Å². The topological polar surface area (TPSA) is 34.9 Å². The maximum Gasteiger partial charge on any atom is 0.417 e. The highest BCUT2D eigenvalue weighted by atomic mass is 79.9. The molecule has 0 bridgehead atoms. The molecule has 0 N–H and O–H groups in total. The Bertz CT molecular complexity index is 697. The Balaban J connectivity index is 2.52. The summed E-state index contributed by atoms with van der Waals surface area (Å²) in [4.78, 5) is 12.4. The Hall–Kier alpha value is -1.34. The lowest BCUT2D eigenvalue weighted by atomic mass is 10.0. The van der Waals surface area contributed by atoms with Crippen molar-refractivity contribution in [1.82, 2.24) is 9.78 Å². The van der Waals surface area contributed by atoms with Crippen molar-refractivity contribution < 1.29 is 18.0 Å². The molecular formula is C13H9BrClF3N2O. The summed E-state index contributed by atoms with van der Waals surface area (Å²) >= 11 is 8.73. The van der Waals surface area contributed by atoms with E-state index in [4.69, 9.17) is 11.6 Å². The zero-order chi connectivity index (χ0) is 15.8. The van der Waals surface area contributed by atoms with Crippen LogP contribution < -0.4 is 0 Å². The van der Waals surface area contributed by atoms with Gasteiger partial charge in [-0.25, -0.2) is 0 Å². The SMILES string of the molecule is CCn1ncc(Cl)c1C(=O)c1ccc(Br)c(C(F)(F)F)c1. The molecule has 21 heavy (non-hydrogen) atoms. The Morgan fingerprint density at radius 2 is 2.10 bits per heavy atom. The quantitative estimate of drug-likeness (QED) is 0.730. The molecular weight excluding hydrogens is 373 g/mol. The van der Waals surface area contributed by atoms with Crippen molar-refractivity contribution in [1.29, 1.82) is 0 Å². The summed E-state index contributed by atoms with van der Waals surface area (Å²) in [5, 5.41) is 4.01. The van der Waals surface area contributed by atoms with Crippen LogP contribution in [0.4, 0.5) is 13.2 Å². The molecule has 0 unspecified atom stereocenters. The van der Waals surface area contributed by atoms with Crippen LogP contribution in [0, 0.1) is 0 Å². The number of halogens is 5. The van der Waals surface area contributed by atoms with Crippen molar-refractivity contribution in [2.45, 2.75) is 19.6 Å². The Morgan fingerprint density at radius 3 is 2.67 bits per heavy atom. The van der Waals surface area contributed by atoms with E-state index in [1.54, 1.807) is 6.92 Å². The zero-order valence-corrected chi connectivity index (χ0v) is 13.1. The van der Waals surface area contributed by atoms with Crippen LogP contribution in [-0.2, 0) is 12.7 Å². The highest BCUT2D eigenvalue weighted by molar-refractivity contribution is 9.10. The van der Waals surface area contributed by atoms with Gasteiger partial charge in [0.2, 0.25) is 5.78 Å². The first-order chi connectivity index (χ1) is 9.75. The molecule has 0 aliphatic rings. The highest BCUT2D eigenvalue weighted by Crippen LogP contribution is 2.35. The summed E-state index contributed by atoms with van der Waals surface area (Å²) in [6, 6.07) is 3.30. The van der Waals surface area contributed by atoms with Crippen molar-refractivity contribution >= 4 is 33.3 Å². The fourth-order valence-corrected chi connectivity index (χ4v) is 2.55. The normalized spacial score (nSPS) is 11.7. The average Bonchev–Trinajstić information content (AvgIpc) is 2.78. The number of alkyl halides is 3. The number of carbonyl (C=O) groups is 1. The highest BCUT2D eigenvalue weighted by Gasteiger charge is 2.34. The van der Waals surface area contributed by atoms with Crippen LogP contribution in [0.3, 0.4) is 0 Å². The molecule has 0 amide bonds. The second-order valence-electron chi connectivity index (χ2n) is 4.18. The third-order valence-electron chi connectivity index (χ3n) is 2.84. The van der Waals surface area contributed by atoms with E-state index in [9.17, 15) is 18.0 Å². The fourth-order valence-electron chi connectivity index (χ4n) is 1.85. The summed E-state index contributed by atoms with van der Waals surface area (Å²) in [7, 11) is 0. The Kier molecular flexibility index (Phi) is 4.43. The van der Waals surface area contributed by atoms with E-state index < -0.39 is 17.5 Å². The number of aryl methyl sites for hydroxylation is 1. The molecule has 8 heteroatoms. The molecule has 2 aromatic rings. The van der Waals surface area contributed by atoms with Gasteiger partial charge in [0.15, 0.2) is 0 Å². The van der Waals surface area contributed by atoms with Gasteiger partial charge in [-0.05, 0) is 25.1 Å². The molecule has 0 atom stereocenters. The smallest absolute Gasteiger partial charge is 0.287 e. The number of hydrogen-bond donors (Lipinski definition) is 0. The lowest BCUT2D eigenvalue weighted by Gasteiger charge is -2.11. The van der Waals surface area contributed by atoms with Crippen LogP contribution >= 0.6 is 27.5 Å². The minimum Gasteiger partial charge on any atom is -0.287 e. The van der Waals surface area contributed by atoms with Gasteiger partial charge in [0.05, 0.1) is 16.8 Å². The van der Waals surface area contributed by atoms with Gasteiger partial charge < -0.3 is 0 Å². The van der Waals surface area contributed by atoms with E-state index in [1.807, 2.05) is 0 Å². The summed E-state index contributed by atoms with van der Waals surface area (Å²) in [5.74, 6) is -0.600. The number of ketones is 1. The molecule has 112 valence electrons. The molecule has 0 fully saturated rings. The summed E-state index contributed by atoms with van der Waals surface area (Å²) in [6.45, 7) is 2.14. The molecule has 0 aliphatic carbocycles. The predicted molar refractivity (Wildman–Crippen MR) is 75.5 cm³/mol. The Morgan fingerprint density at radius 1 is 1.43 bits per heavy atom. The van der Waals surface area contributed by atoms with Crippen LogP contribution in [0.15, 0.2) is 28.9 Å². The van der Waals surface area contributed by atoms with E-state index in [0.717, 1.165) is 6.07 Å². The number of rotatable bonds is 3. The van der Waals surface area contributed by atoms with Crippen LogP contribution in [0.2, 0.25) is 5.02 Å². The van der Waals surface area contributed by atoms with Crippen molar-refractivity contribution in [2.75, 3.05) is 0 Å². The summed E-state index contributed by atoms with van der Waals surface area (Å²) < 4.78 is 39.8. The number of carbonyl (C=O) groups excluding carboxylic acids is 1. The number of nitrogens with zero attached hydrogens (tertiary/aromatic N) is 2. The van der Waals surface area contributed by atoms with Gasteiger partial charge in [-0.15, -0.1) is 0 Å². The molecule has 0 saturated carbocycles. The second-order valence-corrected chi connectivity index (χ2v) is 5.44. The van der Waals surface area contributed by atoms with Crippen LogP contribution in [0.25, 0.3) is 0 Å². The molecule has 1 aromatic carbocycles. The van der Waals surface area contributed by atoms with E-state index in [1.165, 1.54) is 23.0 Å². The van der Waals surface area contributed by atoms with Crippen LogP contribution in [-0.4, -0.2) is 15.6 Å². The minimum atomic E-state index is -4.55. The molecule has 1 heterocycles. The van der Waals surface area contributed by atoms with Crippen molar-refractivity contribution in [3.63, 3.8) is 0 Å². The van der Waals surface area contributed by atoms with Gasteiger partial charge in [-0.2, -0.15) is 18.3 Å². The third kappa shape index (κ3) is 3.13. The van der Waals surface area contributed by atoms with Gasteiger partial charge >= 0.3 is 6.18 Å². The van der Waals surface area contributed by atoms with Crippen molar-refractivity contribution in [2.24, 2.45) is 0 Å². The molecule has 0 aliphatic heterocycles. The second kappa shape index (κ2) is 5.81. The van der Waals surface area contributed by atoms with Gasteiger partial charge in [0, 0.05) is 16.6 Å². The first-order valence-corrected chi connectivity index (χ1v) is 7.05. The lowest BCUT2D eigenvalue weighted by Crippen LogP contribution is -2.13. The van der Waals surface area contributed by atoms with Crippen LogP contribution in [0.1, 0.15) is 28.5 Å². The van der Waals surface area contributed by atoms with Gasteiger partial charge in [0.25, 0.3) is 0 Å². The maximum absolute atomic E-state index is 12.9. The third-order valence-corrected chi connectivity index (χ3v) is 3.81. The maximum atomic E-state index is 12.9. The average molecular weight is 382 g/mol. The number of hydrogen-bond acceptors (Lipinski definition) is 2. The van der Waals surface area contributed by atoms with Crippen LogP contribution in [0.5, 0.6) is 0 Å². The molecule has 1 aromatic heterocycles. The number of benzene rings is 1. The molecule has 0 saturated heterocycles. The first kappa shape index (κ1) is 16.0. The predicted octanol–water partition coefficient (Wildman–Crippen LogP) is 4.57. The largest absolute Gasteiger partial charge is 0.417 e. The monoisotopic (exact) mass is 380 g/mol.